The van der Waals surface area contributed by atoms with Gasteiger partial charge in [0.15, 0.2) is 0 Å². The molecule has 1 aliphatic rings. The Balaban J connectivity index is 1.16. The lowest BCUT2D eigenvalue weighted by molar-refractivity contribution is 0.661. The summed E-state index contributed by atoms with van der Waals surface area (Å²) in [6.45, 7) is 4.74. The van der Waals surface area contributed by atoms with Gasteiger partial charge in [0.1, 0.15) is 0 Å². The topological polar surface area (TPSA) is 8.17 Å². The Labute approximate surface area is 333 Å². The zero-order valence-electron chi connectivity index (χ0n) is 32.0. The smallest absolute Gasteiger partial charge is 0.0622 e. The number of fused-ring (bicyclic) bond motifs is 8. The number of anilines is 3. The normalized spacial score (nSPS) is 12.9. The summed E-state index contributed by atoms with van der Waals surface area (Å²) in [5.41, 5.74) is 17.0. The first-order valence-electron chi connectivity index (χ1n) is 19.8. The van der Waals surface area contributed by atoms with E-state index in [0.717, 1.165) is 22.7 Å². The van der Waals surface area contributed by atoms with Gasteiger partial charge in [-0.1, -0.05) is 172 Å². The van der Waals surface area contributed by atoms with Gasteiger partial charge in [0, 0.05) is 44.5 Å². The summed E-state index contributed by atoms with van der Waals surface area (Å²) < 4.78 is 2.53. The Morgan fingerprint density at radius 2 is 0.947 bits per heavy atom. The first-order valence-corrected chi connectivity index (χ1v) is 19.8. The predicted molar refractivity (Wildman–Crippen MR) is 241 cm³/mol. The molecule has 1 aliphatic carbocycles. The minimum atomic E-state index is -0.107. The Morgan fingerprint density at radius 3 is 1.61 bits per heavy atom. The van der Waals surface area contributed by atoms with Gasteiger partial charge in [-0.15, -0.1) is 0 Å². The number of hydrogen-bond acceptors (Lipinski definition) is 1. The van der Waals surface area contributed by atoms with Crippen LogP contribution in [0.25, 0.3) is 71.6 Å². The summed E-state index contributed by atoms with van der Waals surface area (Å²) in [7, 11) is 0. The zero-order valence-corrected chi connectivity index (χ0v) is 32.0. The van der Waals surface area contributed by atoms with Crippen LogP contribution in [0.1, 0.15) is 25.0 Å². The third kappa shape index (κ3) is 5.33. The molecule has 57 heavy (non-hydrogen) atoms. The van der Waals surface area contributed by atoms with Crippen molar-refractivity contribution in [1.29, 1.82) is 0 Å². The molecule has 0 saturated heterocycles. The number of benzene rings is 9. The first-order chi connectivity index (χ1) is 28.0. The molecule has 0 fully saturated rings. The Hall–Kier alpha value is -7.16. The maximum atomic E-state index is 2.53. The lowest BCUT2D eigenvalue weighted by Gasteiger charge is -2.26. The van der Waals surface area contributed by atoms with E-state index in [1.807, 2.05) is 0 Å². The van der Waals surface area contributed by atoms with Gasteiger partial charge >= 0.3 is 0 Å². The van der Waals surface area contributed by atoms with Crippen molar-refractivity contribution in [3.63, 3.8) is 0 Å². The second-order valence-electron chi connectivity index (χ2n) is 15.8. The summed E-state index contributed by atoms with van der Waals surface area (Å²) in [5, 5.41) is 4.98. The lowest BCUT2D eigenvalue weighted by Crippen LogP contribution is -2.14. The van der Waals surface area contributed by atoms with Crippen LogP contribution in [0.5, 0.6) is 0 Å². The van der Waals surface area contributed by atoms with Gasteiger partial charge in [-0.2, -0.15) is 0 Å². The molecule has 2 nitrogen and oxygen atoms in total. The molecular formula is C55H40N2. The van der Waals surface area contributed by atoms with Crippen LogP contribution in [0.15, 0.2) is 206 Å². The SMILES string of the molecule is CC1(C)c2ccccc2-c2c1ccc1c3ccc(N(c4ccc(-c5ccccc5)cc4)c4ccc(-c5ccccc5)cc4)cc3n(-c3ccc4ccccc4c3)c21. The largest absolute Gasteiger partial charge is 0.310 e. The van der Waals surface area contributed by atoms with E-state index >= 15 is 0 Å². The molecule has 270 valence electrons. The van der Waals surface area contributed by atoms with Crippen molar-refractivity contribution in [3.8, 4) is 39.1 Å². The number of rotatable bonds is 6. The molecule has 11 rings (SSSR count). The van der Waals surface area contributed by atoms with Crippen LogP contribution >= 0.6 is 0 Å². The summed E-state index contributed by atoms with van der Waals surface area (Å²) in [4.78, 5) is 2.40. The van der Waals surface area contributed by atoms with Crippen molar-refractivity contribution in [2.24, 2.45) is 0 Å². The fraction of sp³-hybridized carbons (Fsp3) is 0.0545. The molecule has 0 spiro atoms. The van der Waals surface area contributed by atoms with Gasteiger partial charge in [0.25, 0.3) is 0 Å². The molecule has 0 amide bonds. The molecular weight excluding hydrogens is 689 g/mol. The van der Waals surface area contributed by atoms with Crippen LogP contribution in [0.2, 0.25) is 0 Å². The summed E-state index contributed by atoms with van der Waals surface area (Å²) in [6.07, 6.45) is 0. The third-order valence-corrected chi connectivity index (χ3v) is 12.2. The number of nitrogens with zero attached hydrogens (tertiary/aromatic N) is 2. The Kier molecular flexibility index (Phi) is 7.55. The van der Waals surface area contributed by atoms with Gasteiger partial charge in [-0.25, -0.2) is 0 Å². The van der Waals surface area contributed by atoms with Crippen molar-refractivity contribution >= 4 is 49.6 Å². The molecule has 2 heteroatoms. The standard InChI is InChI=1S/C55H40N2/c1-55(2)50-20-12-11-19-49(50)53-51(55)34-33-48-47-32-31-46(36-52(47)57(54(48)53)45-30-25-39-17-9-10-18-42(39)35-45)56(43-26-21-40(22-27-43)37-13-5-3-6-14-37)44-28-23-41(24-29-44)38-15-7-4-8-16-38/h3-36H,1-2H3. The van der Waals surface area contributed by atoms with Crippen LogP contribution in [0.3, 0.4) is 0 Å². The van der Waals surface area contributed by atoms with Gasteiger partial charge < -0.3 is 9.47 Å². The molecule has 0 radical (unpaired) electrons. The molecule has 0 saturated carbocycles. The molecule has 1 heterocycles. The van der Waals surface area contributed by atoms with Crippen LogP contribution in [0.4, 0.5) is 17.1 Å². The second-order valence-corrected chi connectivity index (χ2v) is 15.8. The zero-order chi connectivity index (χ0) is 38.1. The van der Waals surface area contributed by atoms with Crippen molar-refractivity contribution in [2.45, 2.75) is 19.3 Å². The van der Waals surface area contributed by atoms with Crippen LogP contribution < -0.4 is 4.90 Å². The van der Waals surface area contributed by atoms with E-state index in [9.17, 15) is 0 Å². The van der Waals surface area contributed by atoms with Gasteiger partial charge in [-0.05, 0) is 98.2 Å². The third-order valence-electron chi connectivity index (χ3n) is 12.2. The molecule has 9 aromatic carbocycles. The van der Waals surface area contributed by atoms with E-state index < -0.39 is 0 Å². The Morgan fingerprint density at radius 1 is 0.404 bits per heavy atom. The van der Waals surface area contributed by atoms with Gasteiger partial charge in [-0.3, -0.25) is 0 Å². The fourth-order valence-corrected chi connectivity index (χ4v) is 9.32. The minimum Gasteiger partial charge on any atom is -0.310 e. The summed E-state index contributed by atoms with van der Waals surface area (Å²) >= 11 is 0. The number of hydrogen-bond donors (Lipinski definition) is 0. The minimum absolute atomic E-state index is 0.107. The van der Waals surface area contributed by atoms with Crippen LogP contribution in [-0.4, -0.2) is 4.57 Å². The average molecular weight is 729 g/mol. The first kappa shape index (κ1) is 33.2. The highest BCUT2D eigenvalue weighted by molar-refractivity contribution is 6.16. The molecule has 0 N–H and O–H groups in total. The molecule has 0 atom stereocenters. The average Bonchev–Trinajstić information content (AvgIpc) is 3.72. The van der Waals surface area contributed by atoms with Crippen molar-refractivity contribution in [1.82, 2.24) is 4.57 Å². The highest BCUT2D eigenvalue weighted by Gasteiger charge is 2.37. The van der Waals surface area contributed by atoms with Crippen LogP contribution in [0, 0.1) is 0 Å². The highest BCUT2D eigenvalue weighted by Crippen LogP contribution is 2.53. The highest BCUT2D eigenvalue weighted by atomic mass is 15.1. The van der Waals surface area contributed by atoms with Crippen LogP contribution in [-0.2, 0) is 5.41 Å². The van der Waals surface area contributed by atoms with E-state index in [0.29, 0.717) is 0 Å². The molecule has 10 aromatic rings. The van der Waals surface area contributed by atoms with E-state index in [1.54, 1.807) is 0 Å². The van der Waals surface area contributed by atoms with E-state index in [-0.39, 0.29) is 5.41 Å². The summed E-state index contributed by atoms with van der Waals surface area (Å²) in [6, 6.07) is 75.6. The van der Waals surface area contributed by atoms with E-state index in [2.05, 4.69) is 230 Å². The fourth-order valence-electron chi connectivity index (χ4n) is 9.32. The van der Waals surface area contributed by atoms with Gasteiger partial charge in [0.05, 0.1) is 11.0 Å². The molecule has 1 aromatic heterocycles. The Bertz CT molecular complexity index is 3030. The van der Waals surface area contributed by atoms with Crippen molar-refractivity contribution < 1.29 is 0 Å². The van der Waals surface area contributed by atoms with E-state index in [1.165, 1.54) is 77.1 Å². The van der Waals surface area contributed by atoms with Crippen molar-refractivity contribution in [3.05, 3.63) is 217 Å². The number of aromatic nitrogens is 1. The van der Waals surface area contributed by atoms with Gasteiger partial charge in [0.2, 0.25) is 0 Å². The lowest BCUT2D eigenvalue weighted by atomic mass is 9.82. The predicted octanol–water partition coefficient (Wildman–Crippen LogP) is 15.0. The molecule has 0 bridgehead atoms. The van der Waals surface area contributed by atoms with Crippen molar-refractivity contribution in [2.75, 3.05) is 4.90 Å². The second kappa shape index (κ2) is 13.0. The quantitative estimate of drug-likeness (QED) is 0.165. The van der Waals surface area contributed by atoms with E-state index in [4.69, 9.17) is 0 Å². The molecule has 0 unspecified atom stereocenters. The molecule has 0 aliphatic heterocycles. The summed E-state index contributed by atoms with van der Waals surface area (Å²) in [5.74, 6) is 0. The monoisotopic (exact) mass is 728 g/mol. The maximum absolute atomic E-state index is 2.53. The maximum Gasteiger partial charge on any atom is 0.0622 e.